The zero-order chi connectivity index (χ0) is 16.0. The molecule has 0 aliphatic rings. The van der Waals surface area contributed by atoms with Gasteiger partial charge in [0.25, 0.3) is 0 Å². The molecule has 1 aromatic rings. The Hall–Kier alpha value is -0.740. The fourth-order valence-electron chi connectivity index (χ4n) is 2.16. The molecule has 0 bridgehead atoms. The van der Waals surface area contributed by atoms with Crippen molar-refractivity contribution >= 4 is 15.9 Å². The first-order valence-corrected chi connectivity index (χ1v) is 8.22. The van der Waals surface area contributed by atoms with Crippen LogP contribution in [0.3, 0.4) is 0 Å². The Kier molecular flexibility index (Phi) is 7.01. The lowest BCUT2D eigenvalue weighted by Crippen LogP contribution is -2.34. The van der Waals surface area contributed by atoms with Crippen molar-refractivity contribution in [3.8, 4) is 11.5 Å². The third-order valence-electron chi connectivity index (χ3n) is 3.62. The predicted octanol–water partition coefficient (Wildman–Crippen LogP) is 4.42. The second-order valence-corrected chi connectivity index (χ2v) is 7.34. The summed E-state index contributed by atoms with van der Waals surface area (Å²) in [5.74, 6) is 1.69. The van der Waals surface area contributed by atoms with E-state index in [0.717, 1.165) is 35.4 Å². The SMILES string of the molecule is COc1cc(Br)c(CCC(C)(C)CNC(C)C)c(OC)c1. The van der Waals surface area contributed by atoms with Gasteiger partial charge in [0.15, 0.2) is 0 Å². The summed E-state index contributed by atoms with van der Waals surface area (Å²) in [6, 6.07) is 4.46. The van der Waals surface area contributed by atoms with Crippen LogP contribution in [0.2, 0.25) is 0 Å². The summed E-state index contributed by atoms with van der Waals surface area (Å²) < 4.78 is 11.8. The maximum absolute atomic E-state index is 5.51. The van der Waals surface area contributed by atoms with Gasteiger partial charge in [0, 0.05) is 28.7 Å². The molecule has 0 saturated carbocycles. The van der Waals surface area contributed by atoms with Crippen molar-refractivity contribution in [2.45, 2.75) is 46.6 Å². The van der Waals surface area contributed by atoms with Crippen LogP contribution < -0.4 is 14.8 Å². The van der Waals surface area contributed by atoms with E-state index in [1.54, 1.807) is 14.2 Å². The van der Waals surface area contributed by atoms with Crippen molar-refractivity contribution in [1.82, 2.24) is 5.32 Å². The van der Waals surface area contributed by atoms with Gasteiger partial charge in [0.05, 0.1) is 14.2 Å². The van der Waals surface area contributed by atoms with Gasteiger partial charge in [-0.1, -0.05) is 43.6 Å². The number of benzene rings is 1. The Bertz CT molecular complexity index is 458. The van der Waals surface area contributed by atoms with Crippen LogP contribution in [0.15, 0.2) is 16.6 Å². The second kappa shape index (κ2) is 8.04. The van der Waals surface area contributed by atoms with Gasteiger partial charge >= 0.3 is 0 Å². The highest BCUT2D eigenvalue weighted by molar-refractivity contribution is 9.10. The van der Waals surface area contributed by atoms with Crippen molar-refractivity contribution in [1.29, 1.82) is 0 Å². The number of methoxy groups -OCH3 is 2. The van der Waals surface area contributed by atoms with Gasteiger partial charge in [0.2, 0.25) is 0 Å². The lowest BCUT2D eigenvalue weighted by atomic mass is 9.86. The topological polar surface area (TPSA) is 30.5 Å². The molecule has 0 spiro atoms. The minimum atomic E-state index is 0.245. The van der Waals surface area contributed by atoms with Crippen LogP contribution in [-0.2, 0) is 6.42 Å². The van der Waals surface area contributed by atoms with E-state index < -0.39 is 0 Å². The second-order valence-electron chi connectivity index (χ2n) is 6.49. The Morgan fingerprint density at radius 2 is 1.86 bits per heavy atom. The molecule has 4 heteroatoms. The highest BCUT2D eigenvalue weighted by Gasteiger charge is 2.20. The van der Waals surface area contributed by atoms with Crippen LogP contribution in [0.25, 0.3) is 0 Å². The molecule has 0 aliphatic carbocycles. The molecule has 0 fully saturated rings. The fraction of sp³-hybridized carbons (Fsp3) is 0.647. The smallest absolute Gasteiger partial charge is 0.126 e. The van der Waals surface area contributed by atoms with Crippen LogP contribution in [0, 0.1) is 5.41 Å². The number of hydrogen-bond acceptors (Lipinski definition) is 3. The van der Waals surface area contributed by atoms with Crippen LogP contribution in [0.1, 0.15) is 39.7 Å². The van der Waals surface area contributed by atoms with Gasteiger partial charge in [0.1, 0.15) is 11.5 Å². The normalized spacial score (nSPS) is 11.8. The molecule has 3 nitrogen and oxygen atoms in total. The Labute approximate surface area is 137 Å². The zero-order valence-corrected chi connectivity index (χ0v) is 15.6. The lowest BCUT2D eigenvalue weighted by Gasteiger charge is -2.27. The molecule has 21 heavy (non-hydrogen) atoms. The fourth-order valence-corrected chi connectivity index (χ4v) is 2.78. The highest BCUT2D eigenvalue weighted by atomic mass is 79.9. The van der Waals surface area contributed by atoms with Gasteiger partial charge in [-0.3, -0.25) is 0 Å². The van der Waals surface area contributed by atoms with Crippen LogP contribution in [0.4, 0.5) is 0 Å². The number of rotatable bonds is 8. The number of hydrogen-bond donors (Lipinski definition) is 1. The minimum absolute atomic E-state index is 0.245. The summed E-state index contributed by atoms with van der Waals surface area (Å²) in [6.07, 6.45) is 2.06. The molecule has 0 radical (unpaired) electrons. The van der Waals surface area contributed by atoms with Crippen LogP contribution >= 0.6 is 15.9 Å². The lowest BCUT2D eigenvalue weighted by molar-refractivity contribution is 0.302. The Morgan fingerprint density at radius 3 is 2.38 bits per heavy atom. The molecular formula is C17H28BrNO2. The number of nitrogens with one attached hydrogen (secondary N) is 1. The van der Waals surface area contributed by atoms with Crippen molar-refractivity contribution < 1.29 is 9.47 Å². The van der Waals surface area contributed by atoms with Gasteiger partial charge in [-0.05, 0) is 24.3 Å². The monoisotopic (exact) mass is 357 g/mol. The number of ether oxygens (including phenoxy) is 2. The molecule has 0 unspecified atom stereocenters. The predicted molar refractivity (Wildman–Crippen MR) is 92.5 cm³/mol. The van der Waals surface area contributed by atoms with Gasteiger partial charge in [-0.2, -0.15) is 0 Å². The summed E-state index contributed by atoms with van der Waals surface area (Å²) in [5.41, 5.74) is 1.45. The maximum atomic E-state index is 5.51. The Morgan fingerprint density at radius 1 is 1.19 bits per heavy atom. The molecule has 1 N–H and O–H groups in total. The average Bonchev–Trinajstić information content (AvgIpc) is 2.43. The molecule has 0 aromatic heterocycles. The van der Waals surface area contributed by atoms with Crippen molar-refractivity contribution in [3.63, 3.8) is 0 Å². The molecule has 120 valence electrons. The van der Waals surface area contributed by atoms with E-state index in [9.17, 15) is 0 Å². The van der Waals surface area contributed by atoms with Crippen molar-refractivity contribution in [2.75, 3.05) is 20.8 Å². The standard InChI is InChI=1S/C17H28BrNO2/c1-12(2)19-11-17(3,4)8-7-14-15(18)9-13(20-5)10-16(14)21-6/h9-10,12,19H,7-8,11H2,1-6H3. The first kappa shape index (κ1) is 18.3. The van der Waals surface area contributed by atoms with Gasteiger partial charge in [-0.15, -0.1) is 0 Å². The zero-order valence-electron chi connectivity index (χ0n) is 14.0. The van der Waals surface area contributed by atoms with Gasteiger partial charge < -0.3 is 14.8 Å². The third kappa shape index (κ3) is 5.87. The highest BCUT2D eigenvalue weighted by Crippen LogP contribution is 2.35. The first-order valence-electron chi connectivity index (χ1n) is 7.43. The molecule has 1 aromatic carbocycles. The first-order chi connectivity index (χ1) is 9.79. The summed E-state index contributed by atoms with van der Waals surface area (Å²) in [5, 5.41) is 3.52. The van der Waals surface area contributed by atoms with E-state index >= 15 is 0 Å². The van der Waals surface area contributed by atoms with Crippen molar-refractivity contribution in [3.05, 3.63) is 22.2 Å². The quantitative estimate of drug-likeness (QED) is 0.746. The minimum Gasteiger partial charge on any atom is -0.497 e. The molecule has 0 amide bonds. The molecule has 0 atom stereocenters. The number of halogens is 1. The van der Waals surface area contributed by atoms with E-state index in [4.69, 9.17) is 9.47 Å². The summed E-state index contributed by atoms with van der Waals surface area (Å²) in [4.78, 5) is 0. The largest absolute Gasteiger partial charge is 0.497 e. The molecule has 0 aliphatic heterocycles. The van der Waals surface area contributed by atoms with E-state index in [0.29, 0.717) is 6.04 Å². The van der Waals surface area contributed by atoms with E-state index in [2.05, 4.69) is 48.9 Å². The van der Waals surface area contributed by atoms with Crippen LogP contribution in [0.5, 0.6) is 11.5 Å². The molecule has 1 rings (SSSR count). The molecular weight excluding hydrogens is 330 g/mol. The average molecular weight is 358 g/mol. The summed E-state index contributed by atoms with van der Waals surface area (Å²) in [6.45, 7) is 9.97. The third-order valence-corrected chi connectivity index (χ3v) is 4.33. The molecule has 0 saturated heterocycles. The maximum Gasteiger partial charge on any atom is 0.126 e. The van der Waals surface area contributed by atoms with Crippen molar-refractivity contribution in [2.24, 2.45) is 5.41 Å². The van der Waals surface area contributed by atoms with Crippen LogP contribution in [-0.4, -0.2) is 26.8 Å². The van der Waals surface area contributed by atoms with E-state index in [-0.39, 0.29) is 5.41 Å². The van der Waals surface area contributed by atoms with E-state index in [1.807, 2.05) is 12.1 Å². The molecule has 0 heterocycles. The summed E-state index contributed by atoms with van der Waals surface area (Å²) in [7, 11) is 3.37. The summed E-state index contributed by atoms with van der Waals surface area (Å²) >= 11 is 3.63. The van der Waals surface area contributed by atoms with E-state index in [1.165, 1.54) is 5.56 Å². The van der Waals surface area contributed by atoms with Gasteiger partial charge in [-0.25, -0.2) is 0 Å². The Balaban J connectivity index is 2.78.